The Labute approximate surface area is 190 Å². The van der Waals surface area contributed by atoms with E-state index in [1.807, 2.05) is 19.2 Å². The van der Waals surface area contributed by atoms with E-state index in [4.69, 9.17) is 4.74 Å². The predicted molar refractivity (Wildman–Crippen MR) is 125 cm³/mol. The number of likely N-dealkylation sites (N-methyl/N-ethyl adjacent to an activating group) is 1. The highest BCUT2D eigenvalue weighted by molar-refractivity contribution is 7.92. The fourth-order valence-corrected chi connectivity index (χ4v) is 5.60. The molecule has 0 saturated carbocycles. The second-order valence-electron chi connectivity index (χ2n) is 8.62. The number of hydrogen-bond acceptors (Lipinski definition) is 5. The van der Waals surface area contributed by atoms with E-state index < -0.39 is 16.1 Å². The highest BCUT2D eigenvalue weighted by atomic mass is 32.2. The number of piperazine rings is 1. The number of benzene rings is 2. The molecule has 2 heterocycles. The third-order valence-corrected chi connectivity index (χ3v) is 8.27. The summed E-state index contributed by atoms with van der Waals surface area (Å²) >= 11 is 0. The first-order valence-electron chi connectivity index (χ1n) is 11.2. The lowest BCUT2D eigenvalue weighted by atomic mass is 9.99. The Bertz CT molecular complexity index is 1060. The van der Waals surface area contributed by atoms with Crippen molar-refractivity contribution in [3.8, 4) is 5.75 Å². The highest BCUT2D eigenvalue weighted by Gasteiger charge is 2.39. The number of ether oxygens (including phenoxy) is 1. The van der Waals surface area contributed by atoms with Gasteiger partial charge in [0.25, 0.3) is 15.9 Å². The second-order valence-corrected chi connectivity index (χ2v) is 10.5. The van der Waals surface area contributed by atoms with Crippen molar-refractivity contribution in [2.24, 2.45) is 0 Å². The smallest absolute Gasteiger partial charge is 0.265 e. The number of nitrogens with zero attached hydrogens (tertiary/aromatic N) is 3. The molecule has 0 bridgehead atoms. The van der Waals surface area contributed by atoms with Crippen molar-refractivity contribution in [3.05, 3.63) is 54.1 Å². The van der Waals surface area contributed by atoms with E-state index in [2.05, 4.69) is 18.7 Å². The monoisotopic (exact) mass is 457 g/mol. The average Bonchev–Trinajstić information content (AvgIpc) is 2.83. The maximum Gasteiger partial charge on any atom is 0.265 e. The Balaban J connectivity index is 1.63. The Morgan fingerprint density at radius 2 is 1.72 bits per heavy atom. The summed E-state index contributed by atoms with van der Waals surface area (Å²) in [5.74, 6) is 0.604. The summed E-state index contributed by atoms with van der Waals surface area (Å²) in [6, 6.07) is 14.1. The number of carbonyl (C=O) groups excluding carboxylic acids is 1. The molecule has 0 aromatic heterocycles. The van der Waals surface area contributed by atoms with Gasteiger partial charge in [-0.15, -0.1) is 0 Å². The quantitative estimate of drug-likeness (QED) is 0.691. The zero-order valence-electron chi connectivity index (χ0n) is 18.9. The van der Waals surface area contributed by atoms with Crippen molar-refractivity contribution in [1.29, 1.82) is 0 Å². The molecule has 2 aliphatic rings. The lowest BCUT2D eigenvalue weighted by Gasteiger charge is -2.39. The number of amides is 1. The Morgan fingerprint density at radius 1 is 1.06 bits per heavy atom. The van der Waals surface area contributed by atoms with E-state index >= 15 is 0 Å². The van der Waals surface area contributed by atoms with Crippen molar-refractivity contribution in [1.82, 2.24) is 9.80 Å². The fraction of sp³-hybridized carbons (Fsp3) is 0.458. The first-order chi connectivity index (χ1) is 15.3. The number of para-hydroxylation sites is 2. The highest BCUT2D eigenvalue weighted by Crippen LogP contribution is 2.37. The van der Waals surface area contributed by atoms with E-state index in [1.165, 1.54) is 4.31 Å². The summed E-state index contributed by atoms with van der Waals surface area (Å²) in [4.78, 5) is 17.3. The van der Waals surface area contributed by atoms with Crippen molar-refractivity contribution >= 4 is 21.6 Å². The SMILES string of the molecule is CC[C@@H](C)c1ccc(S(=O)(=O)N2C[C@@H](C(=O)N3CCN(C)CC3)Oc3ccccc32)cc1. The summed E-state index contributed by atoms with van der Waals surface area (Å²) < 4.78 is 34.6. The van der Waals surface area contributed by atoms with E-state index in [-0.39, 0.29) is 17.3 Å². The molecule has 0 radical (unpaired) electrons. The number of fused-ring (bicyclic) bond motifs is 1. The molecular weight excluding hydrogens is 426 g/mol. The van der Waals surface area contributed by atoms with Crippen molar-refractivity contribution in [2.45, 2.75) is 37.2 Å². The number of hydrogen-bond donors (Lipinski definition) is 0. The molecule has 1 saturated heterocycles. The van der Waals surface area contributed by atoms with Crippen LogP contribution in [0.3, 0.4) is 0 Å². The zero-order chi connectivity index (χ0) is 22.9. The average molecular weight is 458 g/mol. The predicted octanol–water partition coefficient (Wildman–Crippen LogP) is 2.93. The van der Waals surface area contributed by atoms with E-state index in [9.17, 15) is 13.2 Å². The molecule has 1 amide bonds. The van der Waals surface area contributed by atoms with Gasteiger partial charge in [0.15, 0.2) is 6.10 Å². The molecule has 2 aromatic carbocycles. The van der Waals surface area contributed by atoms with E-state index in [0.717, 1.165) is 25.1 Å². The minimum absolute atomic E-state index is 0.0440. The van der Waals surface area contributed by atoms with Crippen LogP contribution in [0.4, 0.5) is 5.69 Å². The number of carbonyl (C=O) groups is 1. The first kappa shape index (κ1) is 22.6. The molecule has 32 heavy (non-hydrogen) atoms. The van der Waals surface area contributed by atoms with Gasteiger partial charge >= 0.3 is 0 Å². The van der Waals surface area contributed by atoms with Gasteiger partial charge in [0.1, 0.15) is 5.75 Å². The van der Waals surface area contributed by atoms with Gasteiger partial charge in [0.2, 0.25) is 0 Å². The Morgan fingerprint density at radius 3 is 2.38 bits per heavy atom. The number of sulfonamides is 1. The lowest BCUT2D eigenvalue weighted by Crippen LogP contribution is -2.55. The summed E-state index contributed by atoms with van der Waals surface area (Å²) in [6.07, 6.45) is 0.112. The lowest BCUT2D eigenvalue weighted by molar-refractivity contribution is -0.140. The zero-order valence-corrected chi connectivity index (χ0v) is 19.7. The minimum Gasteiger partial charge on any atom is -0.476 e. The topological polar surface area (TPSA) is 70.2 Å². The summed E-state index contributed by atoms with van der Waals surface area (Å²) in [5.41, 5.74) is 1.57. The van der Waals surface area contributed by atoms with Gasteiger partial charge in [-0.05, 0) is 49.2 Å². The van der Waals surface area contributed by atoms with Crippen LogP contribution >= 0.6 is 0 Å². The van der Waals surface area contributed by atoms with Crippen LogP contribution in [0, 0.1) is 0 Å². The molecule has 0 N–H and O–H groups in total. The van der Waals surface area contributed by atoms with Gasteiger partial charge in [0, 0.05) is 26.2 Å². The second kappa shape index (κ2) is 9.11. The van der Waals surface area contributed by atoms with Gasteiger partial charge in [-0.25, -0.2) is 8.42 Å². The van der Waals surface area contributed by atoms with Crippen LogP contribution in [-0.4, -0.2) is 70.0 Å². The van der Waals surface area contributed by atoms with E-state index in [0.29, 0.717) is 30.4 Å². The molecule has 4 rings (SSSR count). The molecule has 2 aliphatic heterocycles. The Hall–Kier alpha value is -2.58. The third-order valence-electron chi connectivity index (χ3n) is 6.47. The third kappa shape index (κ3) is 4.34. The van der Waals surface area contributed by atoms with Crippen LogP contribution in [0.1, 0.15) is 31.7 Å². The summed E-state index contributed by atoms with van der Waals surface area (Å²) in [7, 11) is -1.83. The summed E-state index contributed by atoms with van der Waals surface area (Å²) in [5, 5.41) is 0. The van der Waals surface area contributed by atoms with Crippen molar-refractivity contribution in [3.63, 3.8) is 0 Å². The normalized spacial score (nSPS) is 20.4. The van der Waals surface area contributed by atoms with Crippen LogP contribution in [0.15, 0.2) is 53.4 Å². The largest absolute Gasteiger partial charge is 0.476 e. The molecule has 2 atom stereocenters. The van der Waals surface area contributed by atoms with Crippen LogP contribution in [-0.2, 0) is 14.8 Å². The van der Waals surface area contributed by atoms with Gasteiger partial charge in [0.05, 0.1) is 17.1 Å². The molecular formula is C24H31N3O4S. The molecule has 8 heteroatoms. The number of rotatable bonds is 5. The fourth-order valence-electron chi connectivity index (χ4n) is 4.12. The summed E-state index contributed by atoms with van der Waals surface area (Å²) in [6.45, 7) is 6.99. The molecule has 172 valence electrons. The molecule has 0 unspecified atom stereocenters. The number of anilines is 1. The molecule has 7 nitrogen and oxygen atoms in total. The molecule has 0 aliphatic carbocycles. The van der Waals surface area contributed by atoms with Crippen LogP contribution in [0.25, 0.3) is 0 Å². The molecule has 1 fully saturated rings. The van der Waals surface area contributed by atoms with Crippen molar-refractivity contribution < 1.29 is 17.9 Å². The van der Waals surface area contributed by atoms with Gasteiger partial charge in [-0.1, -0.05) is 38.1 Å². The maximum atomic E-state index is 13.6. The van der Waals surface area contributed by atoms with Crippen molar-refractivity contribution in [2.75, 3.05) is 44.1 Å². The Kier molecular flexibility index (Phi) is 6.44. The first-order valence-corrected chi connectivity index (χ1v) is 12.6. The molecule has 0 spiro atoms. The maximum absolute atomic E-state index is 13.6. The van der Waals surface area contributed by atoms with Crippen LogP contribution < -0.4 is 9.04 Å². The molecule has 2 aromatic rings. The van der Waals surface area contributed by atoms with Crippen LogP contribution in [0.2, 0.25) is 0 Å². The van der Waals surface area contributed by atoms with Gasteiger partial charge in [-0.2, -0.15) is 0 Å². The van der Waals surface area contributed by atoms with Gasteiger partial charge in [-0.3, -0.25) is 9.10 Å². The van der Waals surface area contributed by atoms with Gasteiger partial charge < -0.3 is 14.5 Å². The minimum atomic E-state index is -3.86. The van der Waals surface area contributed by atoms with E-state index in [1.54, 1.807) is 41.3 Å². The standard InChI is InChI=1S/C24H31N3O4S/c1-4-18(2)19-9-11-20(12-10-19)32(29,30)27-17-23(31-22-8-6-5-7-21(22)27)24(28)26-15-13-25(3)14-16-26/h5-12,18,23H,4,13-17H2,1-3H3/t18-,23+/m1/s1. The van der Waals surface area contributed by atoms with Crippen LogP contribution in [0.5, 0.6) is 5.75 Å².